The van der Waals surface area contributed by atoms with Gasteiger partial charge in [-0.2, -0.15) is 0 Å². The molecule has 2 heterocycles. The van der Waals surface area contributed by atoms with Crippen molar-refractivity contribution in [3.63, 3.8) is 0 Å². The minimum atomic E-state index is -0.281. The van der Waals surface area contributed by atoms with Crippen LogP contribution in [0.3, 0.4) is 0 Å². The number of piperazine rings is 1. The predicted octanol–water partition coefficient (Wildman–Crippen LogP) is 4.85. The molecule has 1 aliphatic rings. The number of nitrogens with one attached hydrogen (secondary N) is 1. The lowest BCUT2D eigenvalue weighted by molar-refractivity contribution is -0.117. The molecule has 3 aromatic rings. The summed E-state index contributed by atoms with van der Waals surface area (Å²) in [6.07, 6.45) is 3.16. The molecule has 4 rings (SSSR count). The standard InChI is InChI=1S/C29H32Cl2N6O2/c1-4-28(38)34-26-17-22(37-13-11-36(5-2)12-14-37)10-9-20(26)15-21-16-27(33-19-32-21)35(3)29(39)18-23-24(30)7-6-8-25(23)31/h4,6-10,16-17,19H,1,5,11-15,18H2,2-3H3,(H,34,38). The molecule has 1 fully saturated rings. The molecular formula is C29H32Cl2N6O2. The first-order valence-electron chi connectivity index (χ1n) is 12.8. The highest BCUT2D eigenvalue weighted by Gasteiger charge is 2.19. The summed E-state index contributed by atoms with van der Waals surface area (Å²) >= 11 is 12.5. The Morgan fingerprint density at radius 3 is 2.46 bits per heavy atom. The number of hydrogen-bond acceptors (Lipinski definition) is 6. The molecule has 1 aliphatic heterocycles. The van der Waals surface area contributed by atoms with Crippen LogP contribution in [0.25, 0.3) is 0 Å². The van der Waals surface area contributed by atoms with E-state index in [9.17, 15) is 9.59 Å². The topological polar surface area (TPSA) is 81.7 Å². The van der Waals surface area contributed by atoms with Crippen molar-refractivity contribution in [2.45, 2.75) is 19.8 Å². The van der Waals surface area contributed by atoms with Crippen molar-refractivity contribution in [2.24, 2.45) is 0 Å². The quantitative estimate of drug-likeness (QED) is 0.373. The molecule has 204 valence electrons. The first-order valence-corrected chi connectivity index (χ1v) is 13.6. The zero-order chi connectivity index (χ0) is 27.9. The number of carbonyl (C=O) groups excluding carboxylic acids is 2. The number of rotatable bonds is 9. The van der Waals surface area contributed by atoms with Crippen LogP contribution in [0.1, 0.15) is 23.7 Å². The van der Waals surface area contributed by atoms with E-state index in [4.69, 9.17) is 23.2 Å². The number of halogens is 2. The number of nitrogens with zero attached hydrogens (tertiary/aromatic N) is 5. The fourth-order valence-electron chi connectivity index (χ4n) is 4.50. The lowest BCUT2D eigenvalue weighted by atomic mass is 10.0. The van der Waals surface area contributed by atoms with Gasteiger partial charge in [-0.1, -0.05) is 48.8 Å². The van der Waals surface area contributed by atoms with Gasteiger partial charge in [-0.05, 0) is 48.0 Å². The summed E-state index contributed by atoms with van der Waals surface area (Å²) in [6, 6.07) is 13.0. The summed E-state index contributed by atoms with van der Waals surface area (Å²) in [4.78, 5) is 40.2. The Kier molecular flexibility index (Phi) is 9.56. The summed E-state index contributed by atoms with van der Waals surface area (Å²) in [7, 11) is 1.65. The van der Waals surface area contributed by atoms with Crippen molar-refractivity contribution in [3.05, 3.63) is 88.3 Å². The van der Waals surface area contributed by atoms with Crippen molar-refractivity contribution in [2.75, 3.05) is 54.9 Å². The van der Waals surface area contributed by atoms with E-state index in [1.54, 1.807) is 31.3 Å². The van der Waals surface area contributed by atoms with E-state index in [0.717, 1.165) is 44.0 Å². The second-order valence-corrected chi connectivity index (χ2v) is 10.1. The molecule has 1 N–H and O–H groups in total. The average Bonchev–Trinajstić information content (AvgIpc) is 2.95. The van der Waals surface area contributed by atoms with Crippen LogP contribution in [0, 0.1) is 0 Å². The lowest BCUT2D eigenvalue weighted by Gasteiger charge is -2.35. The molecule has 8 nitrogen and oxygen atoms in total. The van der Waals surface area contributed by atoms with Gasteiger partial charge in [-0.15, -0.1) is 0 Å². The maximum Gasteiger partial charge on any atom is 0.247 e. The van der Waals surface area contributed by atoms with Gasteiger partial charge in [-0.3, -0.25) is 14.5 Å². The molecule has 1 aromatic heterocycles. The van der Waals surface area contributed by atoms with Gasteiger partial charge in [0, 0.05) is 67.1 Å². The third-order valence-electron chi connectivity index (χ3n) is 6.91. The van der Waals surface area contributed by atoms with Crippen LogP contribution in [0.2, 0.25) is 10.0 Å². The van der Waals surface area contributed by atoms with Crippen LogP contribution in [0.4, 0.5) is 17.2 Å². The summed E-state index contributed by atoms with van der Waals surface area (Å²) in [5.74, 6) is -0.0347. The monoisotopic (exact) mass is 566 g/mol. The average molecular weight is 568 g/mol. The van der Waals surface area contributed by atoms with E-state index >= 15 is 0 Å². The Morgan fingerprint density at radius 2 is 1.79 bits per heavy atom. The molecule has 39 heavy (non-hydrogen) atoms. The number of aromatic nitrogens is 2. The van der Waals surface area contributed by atoms with Crippen molar-refractivity contribution < 1.29 is 9.59 Å². The van der Waals surface area contributed by atoms with Gasteiger partial charge < -0.3 is 15.1 Å². The van der Waals surface area contributed by atoms with Crippen LogP contribution in [-0.4, -0.2) is 66.5 Å². The Balaban J connectivity index is 1.53. The smallest absolute Gasteiger partial charge is 0.247 e. The van der Waals surface area contributed by atoms with E-state index in [1.807, 2.05) is 12.1 Å². The molecule has 0 spiro atoms. The molecule has 0 unspecified atom stereocenters. The van der Waals surface area contributed by atoms with Crippen LogP contribution >= 0.6 is 23.2 Å². The molecule has 0 radical (unpaired) electrons. The Bertz CT molecular complexity index is 1340. The maximum absolute atomic E-state index is 13.0. The molecule has 0 bridgehead atoms. The number of hydrogen-bond donors (Lipinski definition) is 1. The highest BCUT2D eigenvalue weighted by Crippen LogP contribution is 2.28. The third-order valence-corrected chi connectivity index (χ3v) is 7.62. The van der Waals surface area contributed by atoms with E-state index in [2.05, 4.69) is 44.7 Å². The fraction of sp³-hybridized carbons (Fsp3) is 0.310. The van der Waals surface area contributed by atoms with Crippen molar-refractivity contribution >= 4 is 52.2 Å². The first-order chi connectivity index (χ1) is 18.8. The minimum Gasteiger partial charge on any atom is -0.369 e. The summed E-state index contributed by atoms with van der Waals surface area (Å²) in [5, 5.41) is 3.83. The highest BCUT2D eigenvalue weighted by molar-refractivity contribution is 6.36. The largest absolute Gasteiger partial charge is 0.369 e. The number of benzene rings is 2. The third kappa shape index (κ3) is 7.15. The molecule has 2 aromatic carbocycles. The zero-order valence-corrected chi connectivity index (χ0v) is 23.7. The van der Waals surface area contributed by atoms with Gasteiger partial charge in [0.05, 0.1) is 12.1 Å². The molecule has 10 heteroatoms. The summed E-state index contributed by atoms with van der Waals surface area (Å²) in [6.45, 7) is 10.7. The second kappa shape index (κ2) is 13.1. The van der Waals surface area contributed by atoms with E-state index in [-0.39, 0.29) is 18.2 Å². The normalized spacial score (nSPS) is 13.7. The Morgan fingerprint density at radius 1 is 1.08 bits per heavy atom. The molecule has 0 saturated carbocycles. The number of likely N-dealkylation sites (N-methyl/N-ethyl adjacent to an activating group) is 2. The molecule has 0 atom stereocenters. The van der Waals surface area contributed by atoms with Crippen LogP contribution in [0.15, 0.2) is 61.4 Å². The van der Waals surface area contributed by atoms with E-state index < -0.39 is 0 Å². The van der Waals surface area contributed by atoms with Crippen LogP contribution in [-0.2, 0) is 22.4 Å². The van der Waals surface area contributed by atoms with Crippen LogP contribution < -0.4 is 15.1 Å². The van der Waals surface area contributed by atoms with Gasteiger partial charge in [-0.25, -0.2) is 9.97 Å². The molecule has 1 saturated heterocycles. The Hall–Kier alpha value is -3.46. The van der Waals surface area contributed by atoms with Gasteiger partial charge in [0.1, 0.15) is 12.1 Å². The summed E-state index contributed by atoms with van der Waals surface area (Å²) < 4.78 is 0. The van der Waals surface area contributed by atoms with Gasteiger partial charge in [0.25, 0.3) is 0 Å². The van der Waals surface area contributed by atoms with E-state index in [0.29, 0.717) is 39.2 Å². The zero-order valence-electron chi connectivity index (χ0n) is 22.2. The first kappa shape index (κ1) is 28.5. The molecular weight excluding hydrogens is 535 g/mol. The van der Waals surface area contributed by atoms with Crippen molar-refractivity contribution in [1.29, 1.82) is 0 Å². The van der Waals surface area contributed by atoms with Gasteiger partial charge >= 0.3 is 0 Å². The van der Waals surface area contributed by atoms with Crippen molar-refractivity contribution in [3.8, 4) is 0 Å². The van der Waals surface area contributed by atoms with Crippen LogP contribution in [0.5, 0.6) is 0 Å². The maximum atomic E-state index is 13.0. The number of carbonyl (C=O) groups is 2. The number of amides is 2. The minimum absolute atomic E-state index is 0.0417. The van der Waals surface area contributed by atoms with E-state index in [1.165, 1.54) is 17.3 Å². The lowest BCUT2D eigenvalue weighted by Crippen LogP contribution is -2.46. The van der Waals surface area contributed by atoms with Crippen molar-refractivity contribution in [1.82, 2.24) is 14.9 Å². The fourth-order valence-corrected chi connectivity index (χ4v) is 5.03. The Labute approximate surface area is 239 Å². The second-order valence-electron chi connectivity index (χ2n) is 9.33. The number of anilines is 3. The molecule has 0 aliphatic carbocycles. The molecule has 2 amide bonds. The van der Waals surface area contributed by atoms with Gasteiger partial charge in [0.15, 0.2) is 0 Å². The SMILES string of the molecule is C=CC(=O)Nc1cc(N2CCN(CC)CC2)ccc1Cc1cc(N(C)C(=O)Cc2c(Cl)cccc2Cl)ncn1. The highest BCUT2D eigenvalue weighted by atomic mass is 35.5. The van der Waals surface area contributed by atoms with Gasteiger partial charge in [0.2, 0.25) is 11.8 Å². The summed E-state index contributed by atoms with van der Waals surface area (Å²) in [5.41, 5.74) is 3.93. The predicted molar refractivity (Wildman–Crippen MR) is 158 cm³/mol.